The number of halogens is 3. The largest absolute Gasteiger partial charge is 0.496 e. The van der Waals surface area contributed by atoms with Crippen LogP contribution in [0.2, 0.25) is 0 Å². The Labute approximate surface area is 140 Å². The van der Waals surface area contributed by atoms with E-state index in [4.69, 9.17) is 53.4 Å². The molecule has 116 valence electrons. The van der Waals surface area contributed by atoms with Crippen LogP contribution >= 0.6 is 34.8 Å². The lowest BCUT2D eigenvalue weighted by Gasteiger charge is -2.06. The van der Waals surface area contributed by atoms with Crippen LogP contribution < -0.4 is 14.2 Å². The van der Waals surface area contributed by atoms with Crippen LogP contribution in [-0.4, -0.2) is 24.1 Å². The van der Waals surface area contributed by atoms with Crippen molar-refractivity contribution in [1.29, 1.82) is 0 Å². The first kappa shape index (κ1) is 15.3. The Bertz CT molecular complexity index is 725. The summed E-state index contributed by atoms with van der Waals surface area (Å²) in [6, 6.07) is 3.52. The quantitative estimate of drug-likeness (QED) is 0.773. The fraction of sp³-hybridized carbons (Fsp3) is 0.231. The minimum absolute atomic E-state index is 0.102. The number of nitrogens with zero attached hydrogens (tertiary/aromatic N) is 2. The number of rotatable bonds is 3. The summed E-state index contributed by atoms with van der Waals surface area (Å²) in [7, 11) is 1.56. The number of methoxy groups -OCH3 is 1. The Kier molecular flexibility index (Phi) is 4.08. The topological polar surface area (TPSA) is 66.6 Å². The molecule has 1 aromatic heterocycles. The molecule has 0 saturated heterocycles. The van der Waals surface area contributed by atoms with Crippen LogP contribution in [0, 0.1) is 0 Å². The normalized spacial score (nSPS) is 13.8. The van der Waals surface area contributed by atoms with Gasteiger partial charge in [-0.1, -0.05) is 34.8 Å². The average Bonchev–Trinajstić information content (AvgIpc) is 3.11. The highest BCUT2D eigenvalue weighted by Crippen LogP contribution is 2.39. The summed E-state index contributed by atoms with van der Waals surface area (Å²) in [6.45, 7) is 0.182. The lowest BCUT2D eigenvalue weighted by molar-refractivity contribution is 0.174. The molecular weight excluding hydrogens is 355 g/mol. The fourth-order valence-corrected chi connectivity index (χ4v) is 2.05. The Balaban J connectivity index is 1.88. The molecular formula is C13H9Cl3N2O4. The van der Waals surface area contributed by atoms with E-state index in [0.717, 1.165) is 5.56 Å². The monoisotopic (exact) mass is 362 g/mol. The van der Waals surface area contributed by atoms with E-state index in [9.17, 15) is 0 Å². The first-order valence-electron chi connectivity index (χ1n) is 6.04. The van der Waals surface area contributed by atoms with Gasteiger partial charge in [-0.3, -0.25) is 0 Å². The molecule has 0 unspecified atom stereocenters. The standard InChI is InChI=1S/C13H9Cl3N2O4/c1-19-8-5-10-9(20-6-21-10)4-7(8)2-3-11-17-18-12(22-11)13(14,15)16/h2-5H,6H2,1H3. The van der Waals surface area contributed by atoms with Gasteiger partial charge in [-0.05, 0) is 12.1 Å². The van der Waals surface area contributed by atoms with Gasteiger partial charge in [0.05, 0.1) is 7.11 Å². The Morgan fingerprint density at radius 2 is 1.86 bits per heavy atom. The molecule has 0 bridgehead atoms. The first-order valence-corrected chi connectivity index (χ1v) is 7.17. The second-order valence-electron chi connectivity index (χ2n) is 4.22. The maximum atomic E-state index is 5.66. The smallest absolute Gasteiger partial charge is 0.268 e. The van der Waals surface area contributed by atoms with Gasteiger partial charge in [-0.15, -0.1) is 10.2 Å². The number of fused-ring (bicyclic) bond motifs is 1. The van der Waals surface area contributed by atoms with E-state index in [2.05, 4.69) is 10.2 Å². The van der Waals surface area contributed by atoms with E-state index in [0.29, 0.717) is 17.2 Å². The SMILES string of the molecule is COc1cc2c(cc1C=Cc1nnc(C(Cl)(Cl)Cl)o1)OCO2. The zero-order chi connectivity index (χ0) is 15.7. The Morgan fingerprint density at radius 3 is 2.50 bits per heavy atom. The minimum atomic E-state index is -1.75. The Hall–Kier alpha value is -1.63. The molecule has 0 atom stereocenters. The molecule has 9 heteroatoms. The molecule has 1 aliphatic rings. The van der Waals surface area contributed by atoms with Crippen LogP contribution in [-0.2, 0) is 3.79 Å². The summed E-state index contributed by atoms with van der Waals surface area (Å²) in [5.74, 6) is 1.97. The third-order valence-electron chi connectivity index (χ3n) is 2.81. The van der Waals surface area contributed by atoms with Crippen LogP contribution in [0.3, 0.4) is 0 Å². The number of ether oxygens (including phenoxy) is 3. The third kappa shape index (κ3) is 3.09. The molecule has 2 aromatic rings. The van der Waals surface area contributed by atoms with Crippen molar-refractivity contribution in [3.05, 3.63) is 29.5 Å². The van der Waals surface area contributed by atoms with Gasteiger partial charge >= 0.3 is 0 Å². The number of hydrogen-bond acceptors (Lipinski definition) is 6. The molecule has 2 heterocycles. The molecule has 1 aliphatic heterocycles. The molecule has 0 aliphatic carbocycles. The van der Waals surface area contributed by atoms with E-state index < -0.39 is 3.79 Å². The van der Waals surface area contributed by atoms with Crippen molar-refractivity contribution in [2.45, 2.75) is 3.79 Å². The molecule has 0 saturated carbocycles. The van der Waals surface area contributed by atoms with Crippen LogP contribution in [0.15, 0.2) is 16.5 Å². The van der Waals surface area contributed by atoms with Crippen molar-refractivity contribution in [3.63, 3.8) is 0 Å². The molecule has 0 N–H and O–H groups in total. The van der Waals surface area contributed by atoms with E-state index in [1.165, 1.54) is 0 Å². The summed E-state index contributed by atoms with van der Waals surface area (Å²) in [5.41, 5.74) is 0.750. The number of aromatic nitrogens is 2. The summed E-state index contributed by atoms with van der Waals surface area (Å²) in [6.07, 6.45) is 3.30. The fourth-order valence-electron chi connectivity index (χ4n) is 1.82. The molecule has 0 amide bonds. The van der Waals surface area contributed by atoms with Crippen molar-refractivity contribution in [2.75, 3.05) is 13.9 Å². The molecule has 0 fully saturated rings. The predicted octanol–water partition coefficient (Wildman–Crippen LogP) is 3.80. The van der Waals surface area contributed by atoms with Crippen LogP contribution in [0.1, 0.15) is 17.3 Å². The molecule has 0 radical (unpaired) electrons. The maximum Gasteiger partial charge on any atom is 0.268 e. The number of benzene rings is 1. The highest BCUT2D eigenvalue weighted by atomic mass is 35.6. The number of hydrogen-bond donors (Lipinski definition) is 0. The van der Waals surface area contributed by atoms with Crippen molar-refractivity contribution >= 4 is 47.0 Å². The minimum Gasteiger partial charge on any atom is -0.496 e. The van der Waals surface area contributed by atoms with Crippen LogP contribution in [0.25, 0.3) is 12.2 Å². The highest BCUT2D eigenvalue weighted by molar-refractivity contribution is 6.66. The van der Waals surface area contributed by atoms with Gasteiger partial charge in [-0.2, -0.15) is 0 Å². The van der Waals surface area contributed by atoms with Crippen molar-refractivity contribution < 1.29 is 18.6 Å². The van der Waals surface area contributed by atoms with Crippen LogP contribution in [0.5, 0.6) is 17.2 Å². The first-order chi connectivity index (χ1) is 10.5. The van der Waals surface area contributed by atoms with Gasteiger partial charge in [0, 0.05) is 17.7 Å². The van der Waals surface area contributed by atoms with Crippen molar-refractivity contribution in [3.8, 4) is 17.2 Å². The summed E-state index contributed by atoms with van der Waals surface area (Å²) in [5, 5.41) is 7.43. The van der Waals surface area contributed by atoms with Gasteiger partial charge in [0.15, 0.2) is 11.5 Å². The average molecular weight is 364 g/mol. The van der Waals surface area contributed by atoms with Gasteiger partial charge in [-0.25, -0.2) is 0 Å². The third-order valence-corrected chi connectivity index (χ3v) is 3.30. The van der Waals surface area contributed by atoms with Crippen molar-refractivity contribution in [1.82, 2.24) is 10.2 Å². The predicted molar refractivity (Wildman–Crippen MR) is 81.6 cm³/mol. The highest BCUT2D eigenvalue weighted by Gasteiger charge is 2.29. The van der Waals surface area contributed by atoms with E-state index in [-0.39, 0.29) is 18.6 Å². The summed E-state index contributed by atoms with van der Waals surface area (Å²) < 4.78 is 19.4. The zero-order valence-corrected chi connectivity index (χ0v) is 13.4. The lowest BCUT2D eigenvalue weighted by Crippen LogP contribution is -1.99. The van der Waals surface area contributed by atoms with Gasteiger partial charge in [0.1, 0.15) is 5.75 Å². The molecule has 0 spiro atoms. The van der Waals surface area contributed by atoms with Gasteiger partial charge < -0.3 is 18.6 Å². The lowest BCUT2D eigenvalue weighted by atomic mass is 10.1. The second-order valence-corrected chi connectivity index (χ2v) is 6.51. The van der Waals surface area contributed by atoms with Gasteiger partial charge in [0.2, 0.25) is 12.7 Å². The molecule has 6 nitrogen and oxygen atoms in total. The molecule has 3 rings (SSSR count). The Morgan fingerprint density at radius 1 is 1.14 bits per heavy atom. The second kappa shape index (κ2) is 5.87. The van der Waals surface area contributed by atoms with E-state index in [1.807, 2.05) is 0 Å². The molecule has 22 heavy (non-hydrogen) atoms. The van der Waals surface area contributed by atoms with Crippen LogP contribution in [0.4, 0.5) is 0 Å². The van der Waals surface area contributed by atoms with E-state index >= 15 is 0 Å². The zero-order valence-electron chi connectivity index (χ0n) is 11.2. The summed E-state index contributed by atoms with van der Waals surface area (Å²) >= 11 is 17.0. The molecule has 1 aromatic carbocycles. The maximum absolute atomic E-state index is 5.66. The van der Waals surface area contributed by atoms with Crippen molar-refractivity contribution in [2.24, 2.45) is 0 Å². The summed E-state index contributed by atoms with van der Waals surface area (Å²) in [4.78, 5) is 0. The van der Waals surface area contributed by atoms with Gasteiger partial charge in [0.25, 0.3) is 9.68 Å². The number of alkyl halides is 3. The van der Waals surface area contributed by atoms with E-state index in [1.54, 1.807) is 31.4 Å².